The van der Waals surface area contributed by atoms with E-state index in [1.54, 1.807) is 18.2 Å². The van der Waals surface area contributed by atoms with Gasteiger partial charge < -0.3 is 4.57 Å². The van der Waals surface area contributed by atoms with Crippen LogP contribution in [0.25, 0.3) is 11.4 Å². The van der Waals surface area contributed by atoms with Crippen molar-refractivity contribution >= 4 is 40.7 Å². The molecule has 0 saturated heterocycles. The number of hydrogen-bond acceptors (Lipinski definition) is 4. The van der Waals surface area contributed by atoms with Crippen molar-refractivity contribution in [3.8, 4) is 11.4 Å². The highest BCUT2D eigenvalue weighted by molar-refractivity contribution is 7.99. The van der Waals surface area contributed by atoms with E-state index in [2.05, 4.69) is 10.2 Å². The summed E-state index contributed by atoms with van der Waals surface area (Å²) in [4.78, 5) is 12.3. The molecule has 1 aromatic heterocycles. The van der Waals surface area contributed by atoms with Crippen LogP contribution in [0.5, 0.6) is 0 Å². The topological polar surface area (TPSA) is 47.8 Å². The molecule has 0 aliphatic rings. The van der Waals surface area contributed by atoms with Crippen LogP contribution >= 0.6 is 35.0 Å². The number of halogens is 2. The first-order valence-corrected chi connectivity index (χ1v) is 8.86. The molecular formula is C17H13Cl2N3OS. The van der Waals surface area contributed by atoms with E-state index in [-0.39, 0.29) is 11.5 Å². The fourth-order valence-electron chi connectivity index (χ4n) is 2.20. The summed E-state index contributed by atoms with van der Waals surface area (Å²) in [7, 11) is 1.88. The zero-order valence-electron chi connectivity index (χ0n) is 12.7. The average Bonchev–Trinajstić information content (AvgIpc) is 2.94. The molecule has 0 bridgehead atoms. The largest absolute Gasteiger partial charge is 0.305 e. The highest BCUT2D eigenvalue weighted by atomic mass is 35.5. The molecule has 0 fully saturated rings. The molecule has 2 aromatic carbocycles. The van der Waals surface area contributed by atoms with E-state index in [4.69, 9.17) is 23.2 Å². The Hall–Kier alpha value is -1.82. The number of thioether (sulfide) groups is 1. The van der Waals surface area contributed by atoms with Crippen LogP contribution in [0, 0.1) is 0 Å². The Labute approximate surface area is 153 Å². The maximum absolute atomic E-state index is 12.3. The summed E-state index contributed by atoms with van der Waals surface area (Å²) in [6.45, 7) is 0. The fraction of sp³-hybridized carbons (Fsp3) is 0.118. The molecule has 0 radical (unpaired) electrons. The Morgan fingerprint density at radius 1 is 1.12 bits per heavy atom. The molecule has 3 aromatic rings. The highest BCUT2D eigenvalue weighted by Crippen LogP contribution is 2.26. The Morgan fingerprint density at radius 2 is 1.88 bits per heavy atom. The molecular weight excluding hydrogens is 365 g/mol. The van der Waals surface area contributed by atoms with E-state index in [1.165, 1.54) is 11.8 Å². The molecule has 0 saturated carbocycles. The summed E-state index contributed by atoms with van der Waals surface area (Å²) >= 11 is 13.3. The Morgan fingerprint density at radius 3 is 2.58 bits per heavy atom. The van der Waals surface area contributed by atoms with Gasteiger partial charge in [-0.2, -0.15) is 0 Å². The molecule has 0 N–H and O–H groups in total. The van der Waals surface area contributed by atoms with Crippen LogP contribution in [0.1, 0.15) is 10.4 Å². The molecule has 4 nitrogen and oxygen atoms in total. The molecule has 0 aliphatic heterocycles. The predicted octanol–water partition coefficient (Wildman–Crippen LogP) is 4.76. The number of benzene rings is 2. The zero-order valence-corrected chi connectivity index (χ0v) is 15.1. The lowest BCUT2D eigenvalue weighted by Crippen LogP contribution is -2.04. The minimum atomic E-state index is -0.0778. The van der Waals surface area contributed by atoms with Crippen LogP contribution in [0.2, 0.25) is 10.0 Å². The number of hydrogen-bond donors (Lipinski definition) is 0. The van der Waals surface area contributed by atoms with Gasteiger partial charge in [0.2, 0.25) is 0 Å². The zero-order chi connectivity index (χ0) is 17.1. The van der Waals surface area contributed by atoms with Crippen molar-refractivity contribution in [3.05, 3.63) is 64.1 Å². The number of carbonyl (C=O) groups excluding carboxylic acids is 1. The van der Waals surface area contributed by atoms with E-state index < -0.39 is 0 Å². The van der Waals surface area contributed by atoms with Crippen molar-refractivity contribution in [2.45, 2.75) is 5.16 Å². The van der Waals surface area contributed by atoms with Crippen molar-refractivity contribution < 1.29 is 4.79 Å². The van der Waals surface area contributed by atoms with Gasteiger partial charge in [-0.3, -0.25) is 4.79 Å². The molecule has 0 aliphatic carbocycles. The third kappa shape index (κ3) is 3.64. The molecule has 3 rings (SSSR count). The summed E-state index contributed by atoms with van der Waals surface area (Å²) in [5, 5.41) is 9.90. The van der Waals surface area contributed by atoms with E-state index in [0.29, 0.717) is 20.8 Å². The van der Waals surface area contributed by atoms with Crippen LogP contribution in [0.15, 0.2) is 53.7 Å². The van der Waals surface area contributed by atoms with Crippen LogP contribution in [0.3, 0.4) is 0 Å². The third-order valence-corrected chi connectivity index (χ3v) is 5.00. The third-order valence-electron chi connectivity index (χ3n) is 3.43. The maximum atomic E-state index is 12.3. The second-order valence-electron chi connectivity index (χ2n) is 5.07. The fourth-order valence-corrected chi connectivity index (χ4v) is 3.51. The van der Waals surface area contributed by atoms with Gasteiger partial charge in [0.15, 0.2) is 16.8 Å². The smallest absolute Gasteiger partial charge is 0.191 e. The van der Waals surface area contributed by atoms with Gasteiger partial charge in [0.1, 0.15) is 0 Å². The van der Waals surface area contributed by atoms with Gasteiger partial charge in [0.25, 0.3) is 0 Å². The SMILES string of the molecule is Cn1c(SCC(=O)c2ccc(Cl)cc2Cl)nnc1-c1ccccc1. The van der Waals surface area contributed by atoms with Crippen LogP contribution < -0.4 is 0 Å². The summed E-state index contributed by atoms with van der Waals surface area (Å²) in [5.74, 6) is 0.906. The molecule has 0 spiro atoms. The second kappa shape index (κ2) is 7.38. The lowest BCUT2D eigenvalue weighted by atomic mass is 10.1. The van der Waals surface area contributed by atoms with Gasteiger partial charge in [-0.25, -0.2) is 0 Å². The van der Waals surface area contributed by atoms with E-state index >= 15 is 0 Å². The first-order chi connectivity index (χ1) is 11.6. The summed E-state index contributed by atoms with van der Waals surface area (Å²) < 4.78 is 1.87. The van der Waals surface area contributed by atoms with Gasteiger partial charge in [0, 0.05) is 23.2 Å². The average molecular weight is 378 g/mol. The van der Waals surface area contributed by atoms with Crippen molar-refractivity contribution in [2.24, 2.45) is 7.05 Å². The number of Topliss-reactive ketones (excluding diaryl/α,β-unsaturated/α-hetero) is 1. The van der Waals surface area contributed by atoms with Crippen molar-refractivity contribution in [1.82, 2.24) is 14.8 Å². The Bertz CT molecular complexity index is 881. The van der Waals surface area contributed by atoms with Crippen molar-refractivity contribution in [2.75, 3.05) is 5.75 Å². The molecule has 0 unspecified atom stereocenters. The van der Waals surface area contributed by atoms with Crippen molar-refractivity contribution in [1.29, 1.82) is 0 Å². The summed E-state index contributed by atoms with van der Waals surface area (Å²) in [6.07, 6.45) is 0. The molecule has 1 heterocycles. The minimum absolute atomic E-state index is 0.0778. The quantitative estimate of drug-likeness (QED) is 0.474. The Balaban J connectivity index is 1.73. The first-order valence-electron chi connectivity index (χ1n) is 7.12. The number of ketones is 1. The normalized spacial score (nSPS) is 10.8. The highest BCUT2D eigenvalue weighted by Gasteiger charge is 2.15. The van der Waals surface area contributed by atoms with E-state index in [0.717, 1.165) is 11.4 Å². The summed E-state index contributed by atoms with van der Waals surface area (Å²) in [6, 6.07) is 14.6. The second-order valence-corrected chi connectivity index (χ2v) is 6.85. The molecule has 7 heteroatoms. The molecule has 0 amide bonds. The number of rotatable bonds is 5. The number of carbonyl (C=O) groups is 1. The van der Waals surface area contributed by atoms with Gasteiger partial charge in [-0.15, -0.1) is 10.2 Å². The molecule has 0 atom stereocenters. The van der Waals surface area contributed by atoms with Crippen LogP contribution in [-0.2, 0) is 7.05 Å². The lowest BCUT2D eigenvalue weighted by Gasteiger charge is -2.05. The monoisotopic (exact) mass is 377 g/mol. The Kier molecular flexibility index (Phi) is 5.23. The lowest BCUT2D eigenvalue weighted by molar-refractivity contribution is 0.102. The molecule has 24 heavy (non-hydrogen) atoms. The van der Waals surface area contributed by atoms with E-state index in [1.807, 2.05) is 41.9 Å². The van der Waals surface area contributed by atoms with Gasteiger partial charge in [0.05, 0.1) is 10.8 Å². The first kappa shape index (κ1) is 17.0. The van der Waals surface area contributed by atoms with Crippen LogP contribution in [-0.4, -0.2) is 26.3 Å². The maximum Gasteiger partial charge on any atom is 0.191 e. The van der Waals surface area contributed by atoms with Gasteiger partial charge in [-0.05, 0) is 18.2 Å². The standard InChI is InChI=1S/C17H13Cl2N3OS/c1-22-16(11-5-3-2-4-6-11)20-21-17(22)24-10-15(23)13-8-7-12(18)9-14(13)19/h2-9H,10H2,1H3. The summed E-state index contributed by atoms with van der Waals surface area (Å²) in [5.41, 5.74) is 1.44. The van der Waals surface area contributed by atoms with Gasteiger partial charge >= 0.3 is 0 Å². The van der Waals surface area contributed by atoms with E-state index in [9.17, 15) is 4.79 Å². The van der Waals surface area contributed by atoms with Crippen molar-refractivity contribution in [3.63, 3.8) is 0 Å². The number of nitrogens with zero attached hydrogens (tertiary/aromatic N) is 3. The van der Waals surface area contributed by atoms with Crippen LogP contribution in [0.4, 0.5) is 0 Å². The minimum Gasteiger partial charge on any atom is -0.305 e. The molecule has 122 valence electrons. The number of aromatic nitrogens is 3. The predicted molar refractivity (Wildman–Crippen MR) is 98.0 cm³/mol. The van der Waals surface area contributed by atoms with Gasteiger partial charge in [-0.1, -0.05) is 65.3 Å².